The van der Waals surface area contributed by atoms with Gasteiger partial charge in [-0.25, -0.2) is 4.98 Å². The van der Waals surface area contributed by atoms with Crippen LogP contribution in [0.5, 0.6) is 0 Å². The number of hydrogen-bond donors (Lipinski definition) is 1. The van der Waals surface area contributed by atoms with Gasteiger partial charge < -0.3 is 5.32 Å². The van der Waals surface area contributed by atoms with Crippen LogP contribution < -0.4 is 10.9 Å². The highest BCUT2D eigenvalue weighted by Gasteiger charge is 2.28. The number of aromatic nitrogens is 2. The summed E-state index contributed by atoms with van der Waals surface area (Å²) < 4.78 is 2.10. The van der Waals surface area contributed by atoms with E-state index in [2.05, 4.69) is 16.9 Å². The molecule has 1 aliphatic rings. The number of rotatable bonds is 1. The molecule has 6 heteroatoms. The normalized spacial score (nSPS) is 19.7. The molecule has 1 unspecified atom stereocenters. The van der Waals surface area contributed by atoms with E-state index in [1.165, 1.54) is 15.9 Å². The number of nitrogens with one attached hydrogen (secondary N) is 1. The zero-order chi connectivity index (χ0) is 13.6. The molecule has 2 aromatic heterocycles. The summed E-state index contributed by atoms with van der Waals surface area (Å²) in [7, 11) is 0. The molecule has 1 atom stereocenters. The fourth-order valence-electron chi connectivity index (χ4n) is 2.41. The van der Waals surface area contributed by atoms with Gasteiger partial charge in [0.2, 0.25) is 5.91 Å². The fraction of sp³-hybridized carbons (Fsp3) is 0.308. The number of aryl methyl sites for hydroxylation is 1. The monoisotopic (exact) mass is 275 g/mol. The van der Waals surface area contributed by atoms with Crippen molar-refractivity contribution in [3.63, 3.8) is 0 Å². The van der Waals surface area contributed by atoms with Gasteiger partial charge >= 0.3 is 0 Å². The molecule has 1 aliphatic heterocycles. The Hall–Kier alpha value is -1.95. The summed E-state index contributed by atoms with van der Waals surface area (Å²) in [5.74, 6) is 0.391. The highest BCUT2D eigenvalue weighted by molar-refractivity contribution is 7.17. The van der Waals surface area contributed by atoms with E-state index < -0.39 is 6.04 Å². The van der Waals surface area contributed by atoms with Gasteiger partial charge in [0.25, 0.3) is 5.56 Å². The number of amides is 1. The molecule has 3 rings (SSSR count). The highest BCUT2D eigenvalue weighted by Crippen LogP contribution is 2.23. The Morgan fingerprint density at radius 3 is 3.05 bits per heavy atom. The van der Waals surface area contributed by atoms with Crippen molar-refractivity contribution in [3.05, 3.63) is 39.9 Å². The predicted octanol–water partition coefficient (Wildman–Crippen LogP) is 1.73. The zero-order valence-electron chi connectivity index (χ0n) is 10.5. The van der Waals surface area contributed by atoms with Gasteiger partial charge in [-0.15, -0.1) is 11.3 Å². The maximum Gasteiger partial charge on any atom is 0.272 e. The number of fused-ring (bicyclic) bond motifs is 1. The minimum atomic E-state index is -0.489. The van der Waals surface area contributed by atoms with Crippen molar-refractivity contribution in [1.82, 2.24) is 14.9 Å². The van der Waals surface area contributed by atoms with Crippen molar-refractivity contribution in [2.75, 3.05) is 0 Å². The molecule has 0 radical (unpaired) electrons. The molecule has 0 saturated carbocycles. The standard InChI is InChI=1S/C13H13N3O2S/c1-7-3-4-10(12(17)14-7)16-8(2)15-9-5-6-19-11(9)13(16)18/h5-6,10H,1,3-4H2,2H3,(H,14,17). The maximum absolute atomic E-state index is 12.5. The van der Waals surface area contributed by atoms with E-state index in [1.807, 2.05) is 11.4 Å². The van der Waals surface area contributed by atoms with Crippen LogP contribution in [0.1, 0.15) is 24.7 Å². The molecule has 0 aliphatic carbocycles. The van der Waals surface area contributed by atoms with E-state index in [-0.39, 0.29) is 11.5 Å². The molecule has 1 amide bonds. The lowest BCUT2D eigenvalue weighted by Gasteiger charge is -2.26. The zero-order valence-corrected chi connectivity index (χ0v) is 11.3. The Kier molecular flexibility index (Phi) is 2.74. The lowest BCUT2D eigenvalue weighted by Crippen LogP contribution is -2.41. The molecule has 0 aromatic carbocycles. The van der Waals surface area contributed by atoms with E-state index in [0.29, 0.717) is 34.6 Å². The van der Waals surface area contributed by atoms with E-state index >= 15 is 0 Å². The van der Waals surface area contributed by atoms with Crippen molar-refractivity contribution < 1.29 is 4.79 Å². The molecule has 0 spiro atoms. The van der Waals surface area contributed by atoms with E-state index in [0.717, 1.165) is 0 Å². The smallest absolute Gasteiger partial charge is 0.272 e. The lowest BCUT2D eigenvalue weighted by atomic mass is 10.0. The molecule has 3 heterocycles. The second kappa shape index (κ2) is 4.31. The first-order valence-corrected chi connectivity index (χ1v) is 6.91. The molecule has 5 nitrogen and oxygen atoms in total. The Balaban J connectivity index is 2.17. The summed E-state index contributed by atoms with van der Waals surface area (Å²) in [5, 5.41) is 4.55. The largest absolute Gasteiger partial charge is 0.329 e. The van der Waals surface area contributed by atoms with Gasteiger partial charge in [-0.2, -0.15) is 0 Å². The average Bonchev–Trinajstić information content (AvgIpc) is 2.80. The topological polar surface area (TPSA) is 64.0 Å². The van der Waals surface area contributed by atoms with Gasteiger partial charge in [-0.1, -0.05) is 6.58 Å². The second-order valence-electron chi connectivity index (χ2n) is 4.62. The van der Waals surface area contributed by atoms with Crippen LogP contribution >= 0.6 is 11.3 Å². The van der Waals surface area contributed by atoms with Crippen LogP contribution in [-0.2, 0) is 4.79 Å². The number of carbonyl (C=O) groups excluding carboxylic acids is 1. The molecular weight excluding hydrogens is 262 g/mol. The van der Waals surface area contributed by atoms with Crippen molar-refractivity contribution in [2.24, 2.45) is 0 Å². The highest BCUT2D eigenvalue weighted by atomic mass is 32.1. The Bertz CT molecular complexity index is 744. The predicted molar refractivity (Wildman–Crippen MR) is 74.2 cm³/mol. The van der Waals surface area contributed by atoms with Gasteiger partial charge in [-0.05, 0) is 31.2 Å². The van der Waals surface area contributed by atoms with Crippen LogP contribution in [0.3, 0.4) is 0 Å². The van der Waals surface area contributed by atoms with Crippen LogP contribution in [0, 0.1) is 6.92 Å². The number of allylic oxidation sites excluding steroid dienone is 1. The number of hydrogen-bond acceptors (Lipinski definition) is 4. The first-order chi connectivity index (χ1) is 9.08. The van der Waals surface area contributed by atoms with Crippen molar-refractivity contribution in [3.8, 4) is 0 Å². The van der Waals surface area contributed by atoms with E-state index in [1.54, 1.807) is 6.92 Å². The van der Waals surface area contributed by atoms with Gasteiger partial charge in [0.05, 0.1) is 5.52 Å². The van der Waals surface area contributed by atoms with E-state index in [4.69, 9.17) is 0 Å². The Labute approximate surface area is 113 Å². The average molecular weight is 275 g/mol. The van der Waals surface area contributed by atoms with Crippen LogP contribution in [0.25, 0.3) is 10.2 Å². The molecule has 1 fully saturated rings. The minimum Gasteiger partial charge on any atom is -0.329 e. The number of carbonyl (C=O) groups is 1. The van der Waals surface area contributed by atoms with Crippen LogP contribution in [-0.4, -0.2) is 15.5 Å². The van der Waals surface area contributed by atoms with Gasteiger partial charge in [-0.3, -0.25) is 14.2 Å². The van der Waals surface area contributed by atoms with Crippen molar-refractivity contribution in [1.29, 1.82) is 0 Å². The minimum absolute atomic E-state index is 0.134. The van der Waals surface area contributed by atoms with Crippen LogP contribution in [0.2, 0.25) is 0 Å². The van der Waals surface area contributed by atoms with E-state index in [9.17, 15) is 9.59 Å². The molecule has 19 heavy (non-hydrogen) atoms. The third kappa shape index (κ3) is 1.88. The summed E-state index contributed by atoms with van der Waals surface area (Å²) in [6.45, 7) is 5.51. The number of thiophene rings is 1. The SMILES string of the molecule is C=C1CCC(n2c(C)nc3ccsc3c2=O)C(=O)N1. The molecule has 0 bridgehead atoms. The van der Waals surface area contributed by atoms with Crippen molar-refractivity contribution in [2.45, 2.75) is 25.8 Å². The first kappa shape index (κ1) is 12.1. The first-order valence-electron chi connectivity index (χ1n) is 6.03. The Morgan fingerprint density at radius 1 is 1.53 bits per heavy atom. The van der Waals surface area contributed by atoms with Gasteiger partial charge in [0.1, 0.15) is 16.6 Å². The summed E-state index contributed by atoms with van der Waals surface area (Å²) in [6, 6.07) is 1.33. The van der Waals surface area contributed by atoms with Crippen LogP contribution in [0.4, 0.5) is 0 Å². The van der Waals surface area contributed by atoms with Gasteiger partial charge in [0, 0.05) is 5.70 Å². The molecular formula is C13H13N3O2S. The quantitative estimate of drug-likeness (QED) is 0.862. The van der Waals surface area contributed by atoms with Crippen molar-refractivity contribution >= 4 is 27.5 Å². The third-order valence-corrected chi connectivity index (χ3v) is 4.21. The summed E-state index contributed by atoms with van der Waals surface area (Å²) in [6.07, 6.45) is 1.27. The molecule has 2 aromatic rings. The van der Waals surface area contributed by atoms with Gasteiger partial charge in [0.15, 0.2) is 0 Å². The lowest BCUT2D eigenvalue weighted by molar-refractivity contribution is -0.124. The number of piperidine rings is 1. The summed E-state index contributed by atoms with van der Waals surface area (Å²) in [4.78, 5) is 28.9. The van der Waals surface area contributed by atoms with Crippen LogP contribution in [0.15, 0.2) is 28.5 Å². The molecule has 1 saturated heterocycles. The summed E-state index contributed by atoms with van der Waals surface area (Å²) in [5.41, 5.74) is 1.27. The maximum atomic E-state index is 12.5. The molecule has 1 N–H and O–H groups in total. The second-order valence-corrected chi connectivity index (χ2v) is 5.53. The number of nitrogens with zero attached hydrogens (tertiary/aromatic N) is 2. The molecule has 98 valence electrons. The third-order valence-electron chi connectivity index (χ3n) is 3.32. The summed E-state index contributed by atoms with van der Waals surface area (Å²) >= 11 is 1.36. The Morgan fingerprint density at radius 2 is 2.32 bits per heavy atom. The fourth-order valence-corrected chi connectivity index (χ4v) is 3.18.